The predicted molar refractivity (Wildman–Crippen MR) is 78.7 cm³/mol. The lowest BCUT2D eigenvalue weighted by Gasteiger charge is -2.37. The van der Waals surface area contributed by atoms with Crippen molar-refractivity contribution in [1.82, 2.24) is 5.32 Å². The molecule has 0 aromatic heterocycles. The van der Waals surface area contributed by atoms with Crippen molar-refractivity contribution in [1.29, 1.82) is 0 Å². The quantitative estimate of drug-likeness (QED) is 0.823. The van der Waals surface area contributed by atoms with Gasteiger partial charge in [0.25, 0.3) is 0 Å². The number of nitrogens with one attached hydrogen (secondary N) is 1. The van der Waals surface area contributed by atoms with Gasteiger partial charge in [-0.2, -0.15) is 0 Å². The van der Waals surface area contributed by atoms with Crippen molar-refractivity contribution in [3.8, 4) is 5.75 Å². The van der Waals surface area contributed by atoms with E-state index in [1.807, 2.05) is 0 Å². The molecule has 1 spiro atoms. The van der Waals surface area contributed by atoms with Crippen LogP contribution in [-0.2, 0) is 11.1 Å². The maximum Gasteiger partial charge on any atom is 0.119 e. The average molecular weight is 259 g/mol. The van der Waals surface area contributed by atoms with Gasteiger partial charge in [-0.05, 0) is 62.4 Å². The Bertz CT molecular complexity index is 498. The first kappa shape index (κ1) is 13.0. The summed E-state index contributed by atoms with van der Waals surface area (Å²) < 4.78 is 5.49. The molecule has 2 nitrogen and oxygen atoms in total. The molecule has 1 fully saturated rings. The van der Waals surface area contributed by atoms with Crippen LogP contribution in [0.5, 0.6) is 5.75 Å². The van der Waals surface area contributed by atoms with Crippen molar-refractivity contribution in [2.45, 2.75) is 64.0 Å². The van der Waals surface area contributed by atoms with Gasteiger partial charge in [0.05, 0.1) is 7.11 Å². The fourth-order valence-electron chi connectivity index (χ4n) is 4.36. The lowest BCUT2D eigenvalue weighted by Crippen LogP contribution is -2.45. The van der Waals surface area contributed by atoms with Crippen LogP contribution in [0.4, 0.5) is 0 Å². The van der Waals surface area contributed by atoms with Crippen LogP contribution in [0.1, 0.15) is 62.6 Å². The summed E-state index contributed by atoms with van der Waals surface area (Å²) in [5.41, 5.74) is 4.61. The van der Waals surface area contributed by atoms with Crippen molar-refractivity contribution < 1.29 is 4.74 Å². The first-order valence-corrected chi connectivity index (χ1v) is 7.47. The highest BCUT2D eigenvalue weighted by atomic mass is 16.5. The number of methoxy groups -OCH3 is 1. The summed E-state index contributed by atoms with van der Waals surface area (Å²) in [7, 11) is 1.77. The summed E-state index contributed by atoms with van der Waals surface area (Å²) >= 11 is 0. The van der Waals surface area contributed by atoms with Crippen LogP contribution in [0.15, 0.2) is 12.1 Å². The van der Waals surface area contributed by atoms with Gasteiger partial charge in [0, 0.05) is 11.1 Å². The van der Waals surface area contributed by atoms with Gasteiger partial charge in [0.15, 0.2) is 0 Å². The Morgan fingerprint density at radius 1 is 1.11 bits per heavy atom. The van der Waals surface area contributed by atoms with Crippen molar-refractivity contribution >= 4 is 0 Å². The predicted octanol–water partition coefficient (Wildman–Crippen LogP) is 4.00. The van der Waals surface area contributed by atoms with Crippen molar-refractivity contribution in [2.24, 2.45) is 0 Å². The van der Waals surface area contributed by atoms with Gasteiger partial charge in [0.2, 0.25) is 0 Å². The van der Waals surface area contributed by atoms with Gasteiger partial charge < -0.3 is 4.74 Å². The fourth-order valence-corrected chi connectivity index (χ4v) is 4.36. The van der Waals surface area contributed by atoms with Crippen molar-refractivity contribution in [3.63, 3.8) is 0 Å². The van der Waals surface area contributed by atoms with Crippen LogP contribution >= 0.6 is 0 Å². The fraction of sp³-hybridized carbons (Fsp3) is 0.647. The molecule has 104 valence electrons. The molecule has 1 aliphatic heterocycles. The van der Waals surface area contributed by atoms with Crippen molar-refractivity contribution in [2.75, 3.05) is 7.11 Å². The molecule has 1 aliphatic carbocycles. The zero-order chi connectivity index (χ0) is 13.7. The largest absolute Gasteiger partial charge is 0.497 e. The van der Waals surface area contributed by atoms with E-state index < -0.39 is 0 Å². The van der Waals surface area contributed by atoms with E-state index in [0.717, 1.165) is 5.75 Å². The molecular formula is C17H25NO. The minimum atomic E-state index is 0.0724. The third-order valence-electron chi connectivity index (χ3n) is 4.94. The molecule has 3 rings (SSSR count). The molecule has 1 heterocycles. The highest BCUT2D eigenvalue weighted by Crippen LogP contribution is 2.50. The van der Waals surface area contributed by atoms with Gasteiger partial charge in [-0.25, -0.2) is 0 Å². The second-order valence-electron chi connectivity index (χ2n) is 6.76. The van der Waals surface area contributed by atoms with Crippen molar-refractivity contribution in [3.05, 3.63) is 28.8 Å². The minimum Gasteiger partial charge on any atom is -0.497 e. The standard InChI is InChI=1S/C17H25NO/c1-12-10-13(19-4)11-14-15(12)16(2,3)18-17(14)8-6-5-7-9-17/h10-11,18H,5-9H2,1-4H3. The summed E-state index contributed by atoms with van der Waals surface area (Å²) in [5, 5.41) is 3.95. The van der Waals surface area contributed by atoms with Crippen LogP contribution < -0.4 is 10.1 Å². The molecule has 1 saturated carbocycles. The molecule has 1 aromatic rings. The lowest BCUT2D eigenvalue weighted by molar-refractivity contribution is 0.204. The molecule has 2 heteroatoms. The van der Waals surface area contributed by atoms with Crippen LogP contribution in [0.3, 0.4) is 0 Å². The maximum atomic E-state index is 5.49. The molecule has 0 atom stereocenters. The monoisotopic (exact) mass is 259 g/mol. The first-order valence-electron chi connectivity index (χ1n) is 7.47. The molecule has 0 bridgehead atoms. The topological polar surface area (TPSA) is 21.3 Å². The van der Waals surface area contributed by atoms with E-state index in [1.54, 1.807) is 7.11 Å². The molecule has 19 heavy (non-hydrogen) atoms. The Morgan fingerprint density at radius 2 is 1.79 bits per heavy atom. The maximum absolute atomic E-state index is 5.49. The molecule has 1 aromatic carbocycles. The molecule has 0 unspecified atom stereocenters. The van der Waals surface area contributed by atoms with Crippen LogP contribution in [0.2, 0.25) is 0 Å². The Labute approximate surface area is 116 Å². The molecule has 0 amide bonds. The van der Waals surface area contributed by atoms with E-state index in [0.29, 0.717) is 0 Å². The second-order valence-corrected chi connectivity index (χ2v) is 6.76. The third kappa shape index (κ3) is 1.88. The number of hydrogen-bond donors (Lipinski definition) is 1. The van der Waals surface area contributed by atoms with E-state index in [-0.39, 0.29) is 11.1 Å². The first-order chi connectivity index (χ1) is 8.98. The molecule has 2 aliphatic rings. The highest BCUT2D eigenvalue weighted by molar-refractivity contribution is 5.52. The number of ether oxygens (including phenoxy) is 1. The summed E-state index contributed by atoms with van der Waals surface area (Å²) in [6.45, 7) is 6.84. The highest BCUT2D eigenvalue weighted by Gasteiger charge is 2.48. The normalized spacial score (nSPS) is 23.4. The Kier molecular flexibility index (Phi) is 2.90. The third-order valence-corrected chi connectivity index (χ3v) is 4.94. The van der Waals surface area contributed by atoms with Crippen LogP contribution in [0, 0.1) is 6.92 Å². The smallest absolute Gasteiger partial charge is 0.119 e. The van der Waals surface area contributed by atoms with Crippen LogP contribution in [0.25, 0.3) is 0 Å². The van der Waals surface area contributed by atoms with Gasteiger partial charge in [-0.1, -0.05) is 19.3 Å². The number of rotatable bonds is 1. The molecule has 0 radical (unpaired) electrons. The van der Waals surface area contributed by atoms with Gasteiger partial charge in [0.1, 0.15) is 5.75 Å². The van der Waals surface area contributed by atoms with E-state index in [2.05, 4.69) is 38.2 Å². The van der Waals surface area contributed by atoms with E-state index in [9.17, 15) is 0 Å². The Balaban J connectivity index is 2.19. The van der Waals surface area contributed by atoms with E-state index in [4.69, 9.17) is 4.74 Å². The zero-order valence-corrected chi connectivity index (χ0v) is 12.6. The summed E-state index contributed by atoms with van der Waals surface area (Å²) in [5.74, 6) is 1.00. The SMILES string of the molecule is COc1cc(C)c2c(c1)C1(CCCCC1)NC2(C)C. The molecular weight excluding hydrogens is 234 g/mol. The minimum absolute atomic E-state index is 0.0724. The average Bonchev–Trinajstić information content (AvgIpc) is 2.58. The molecule has 1 N–H and O–H groups in total. The van der Waals surface area contributed by atoms with Crippen LogP contribution in [-0.4, -0.2) is 7.11 Å². The number of benzene rings is 1. The van der Waals surface area contributed by atoms with E-state index >= 15 is 0 Å². The zero-order valence-electron chi connectivity index (χ0n) is 12.6. The van der Waals surface area contributed by atoms with Gasteiger partial charge in [-0.15, -0.1) is 0 Å². The summed E-state index contributed by atoms with van der Waals surface area (Å²) in [6.07, 6.45) is 6.56. The number of fused-ring (bicyclic) bond motifs is 2. The number of hydrogen-bond acceptors (Lipinski definition) is 2. The molecule has 0 saturated heterocycles. The lowest BCUT2D eigenvalue weighted by atomic mass is 9.76. The Morgan fingerprint density at radius 3 is 2.42 bits per heavy atom. The summed E-state index contributed by atoms with van der Waals surface area (Å²) in [4.78, 5) is 0. The van der Waals surface area contributed by atoms with Gasteiger partial charge >= 0.3 is 0 Å². The number of aryl methyl sites for hydroxylation is 1. The Hall–Kier alpha value is -1.02. The van der Waals surface area contributed by atoms with Gasteiger partial charge in [-0.3, -0.25) is 5.32 Å². The second kappa shape index (κ2) is 4.24. The summed E-state index contributed by atoms with van der Waals surface area (Å²) in [6, 6.07) is 4.44. The van der Waals surface area contributed by atoms with E-state index in [1.165, 1.54) is 48.8 Å².